The van der Waals surface area contributed by atoms with E-state index < -0.39 is 0 Å². The van der Waals surface area contributed by atoms with Gasteiger partial charge in [0.15, 0.2) is 5.82 Å². The number of anilines is 1. The van der Waals surface area contributed by atoms with E-state index in [9.17, 15) is 0 Å². The molecule has 4 rings (SSSR count). The Morgan fingerprint density at radius 3 is 3.04 bits per heavy atom. The van der Waals surface area contributed by atoms with Gasteiger partial charge in [-0.25, -0.2) is 14.5 Å². The summed E-state index contributed by atoms with van der Waals surface area (Å²) in [5.74, 6) is 2.79. The van der Waals surface area contributed by atoms with E-state index in [-0.39, 0.29) is 0 Å². The Morgan fingerprint density at radius 1 is 1.32 bits per heavy atom. The molecule has 132 valence electrons. The maximum Gasteiger partial charge on any atom is 0.158 e. The molecule has 0 spiro atoms. The van der Waals surface area contributed by atoms with Crippen LogP contribution in [0.3, 0.4) is 0 Å². The molecule has 4 heterocycles. The largest absolute Gasteiger partial charge is 0.385 e. The van der Waals surface area contributed by atoms with E-state index in [0.29, 0.717) is 6.61 Å². The average Bonchev–Trinajstić information content (AvgIpc) is 3.16. The Bertz CT molecular complexity index is 900. The van der Waals surface area contributed by atoms with Gasteiger partial charge in [-0.05, 0) is 26.7 Å². The van der Waals surface area contributed by atoms with E-state index in [4.69, 9.17) is 14.2 Å². The highest BCUT2D eigenvalue weighted by Gasteiger charge is 2.26. The summed E-state index contributed by atoms with van der Waals surface area (Å²) in [7, 11) is 1.72. The first-order valence-corrected chi connectivity index (χ1v) is 8.56. The van der Waals surface area contributed by atoms with Gasteiger partial charge in [-0.2, -0.15) is 5.10 Å². The van der Waals surface area contributed by atoms with Crippen LogP contribution in [-0.2, 0) is 24.1 Å². The minimum Gasteiger partial charge on any atom is -0.385 e. The van der Waals surface area contributed by atoms with Crippen LogP contribution in [-0.4, -0.2) is 45.0 Å². The van der Waals surface area contributed by atoms with Crippen molar-refractivity contribution in [3.63, 3.8) is 0 Å². The van der Waals surface area contributed by atoms with Crippen molar-refractivity contribution < 1.29 is 9.26 Å². The van der Waals surface area contributed by atoms with Crippen molar-refractivity contribution in [2.45, 2.75) is 39.7 Å². The van der Waals surface area contributed by atoms with Crippen LogP contribution < -0.4 is 4.90 Å². The van der Waals surface area contributed by atoms with Gasteiger partial charge in [0.25, 0.3) is 0 Å². The zero-order valence-corrected chi connectivity index (χ0v) is 14.8. The second kappa shape index (κ2) is 6.44. The van der Waals surface area contributed by atoms with Crippen molar-refractivity contribution in [2.75, 3.05) is 25.2 Å². The van der Waals surface area contributed by atoms with Crippen LogP contribution >= 0.6 is 0 Å². The maximum atomic E-state index is 5.41. The van der Waals surface area contributed by atoms with Gasteiger partial charge in [-0.15, -0.1) is 0 Å². The standard InChI is InChI=1S/C17H22N6O2/c1-11-13-9-22(7-6-15(13)25-21-11)17-16-14(5-4-8-24-3)20-12(2)23(16)19-10-18-17/h10H,4-9H2,1-3H3. The van der Waals surface area contributed by atoms with Gasteiger partial charge in [-0.3, -0.25) is 0 Å². The molecule has 0 unspecified atom stereocenters. The van der Waals surface area contributed by atoms with E-state index in [1.807, 2.05) is 18.4 Å². The van der Waals surface area contributed by atoms with Crippen LogP contribution in [0.5, 0.6) is 0 Å². The maximum absolute atomic E-state index is 5.41. The minimum atomic E-state index is 0.716. The molecule has 0 aliphatic carbocycles. The molecule has 25 heavy (non-hydrogen) atoms. The van der Waals surface area contributed by atoms with Crippen LogP contribution in [0.2, 0.25) is 0 Å². The zero-order chi connectivity index (χ0) is 17.4. The fourth-order valence-electron chi connectivity index (χ4n) is 3.45. The molecular weight excluding hydrogens is 320 g/mol. The summed E-state index contributed by atoms with van der Waals surface area (Å²) in [6, 6.07) is 0. The first-order chi connectivity index (χ1) is 12.2. The number of imidazole rings is 1. The Morgan fingerprint density at radius 2 is 2.20 bits per heavy atom. The highest BCUT2D eigenvalue weighted by molar-refractivity contribution is 5.72. The lowest BCUT2D eigenvalue weighted by atomic mass is 10.1. The number of aryl methyl sites for hydroxylation is 3. The lowest BCUT2D eigenvalue weighted by molar-refractivity contribution is 0.195. The normalized spacial score (nSPS) is 14.3. The van der Waals surface area contributed by atoms with Crippen LogP contribution in [0.25, 0.3) is 5.52 Å². The predicted molar refractivity (Wildman–Crippen MR) is 91.7 cm³/mol. The first kappa shape index (κ1) is 16.0. The van der Waals surface area contributed by atoms with E-state index in [1.165, 1.54) is 5.56 Å². The van der Waals surface area contributed by atoms with Crippen LogP contribution in [0, 0.1) is 13.8 Å². The number of nitrogens with zero attached hydrogens (tertiary/aromatic N) is 6. The van der Waals surface area contributed by atoms with Gasteiger partial charge in [0.1, 0.15) is 23.4 Å². The van der Waals surface area contributed by atoms with Gasteiger partial charge >= 0.3 is 0 Å². The van der Waals surface area contributed by atoms with Crippen LogP contribution in [0.1, 0.15) is 35.0 Å². The summed E-state index contributed by atoms with van der Waals surface area (Å²) >= 11 is 0. The molecule has 0 N–H and O–H groups in total. The van der Waals surface area contributed by atoms with Crippen molar-refractivity contribution in [3.8, 4) is 0 Å². The van der Waals surface area contributed by atoms with Gasteiger partial charge in [-0.1, -0.05) is 5.16 Å². The van der Waals surface area contributed by atoms with Crippen molar-refractivity contribution in [2.24, 2.45) is 0 Å². The topological polar surface area (TPSA) is 81.6 Å². The van der Waals surface area contributed by atoms with Crippen molar-refractivity contribution in [1.29, 1.82) is 0 Å². The molecule has 8 nitrogen and oxygen atoms in total. The first-order valence-electron chi connectivity index (χ1n) is 8.56. The number of aromatic nitrogens is 5. The van der Waals surface area contributed by atoms with Gasteiger partial charge in [0.2, 0.25) is 0 Å². The number of fused-ring (bicyclic) bond motifs is 2. The fraction of sp³-hybridized carbons (Fsp3) is 0.529. The highest BCUT2D eigenvalue weighted by atomic mass is 16.5. The molecule has 0 fully saturated rings. The Labute approximate surface area is 145 Å². The molecule has 0 bridgehead atoms. The van der Waals surface area contributed by atoms with E-state index in [0.717, 1.165) is 66.7 Å². The van der Waals surface area contributed by atoms with Crippen LogP contribution in [0.15, 0.2) is 10.9 Å². The van der Waals surface area contributed by atoms with E-state index >= 15 is 0 Å². The zero-order valence-electron chi connectivity index (χ0n) is 14.8. The van der Waals surface area contributed by atoms with E-state index in [1.54, 1.807) is 13.4 Å². The smallest absolute Gasteiger partial charge is 0.158 e. The molecule has 3 aromatic rings. The number of hydrogen-bond acceptors (Lipinski definition) is 7. The predicted octanol–water partition coefficient (Wildman–Crippen LogP) is 1.87. The quantitative estimate of drug-likeness (QED) is 0.655. The number of methoxy groups -OCH3 is 1. The lowest BCUT2D eigenvalue weighted by Gasteiger charge is -2.27. The van der Waals surface area contributed by atoms with Gasteiger partial charge in [0.05, 0.1) is 11.4 Å². The molecule has 1 aliphatic heterocycles. The second-order valence-corrected chi connectivity index (χ2v) is 6.39. The van der Waals surface area contributed by atoms with Gasteiger partial charge < -0.3 is 14.2 Å². The van der Waals surface area contributed by atoms with Crippen molar-refractivity contribution in [1.82, 2.24) is 24.7 Å². The summed E-state index contributed by atoms with van der Waals surface area (Å²) in [6.07, 6.45) is 4.20. The summed E-state index contributed by atoms with van der Waals surface area (Å²) in [5.41, 5.74) is 4.14. The number of ether oxygens (including phenoxy) is 1. The number of rotatable bonds is 5. The Balaban J connectivity index is 1.73. The number of hydrogen-bond donors (Lipinski definition) is 0. The SMILES string of the molecule is COCCCc1nc(C)n2ncnc(N3CCc4onc(C)c4C3)c12. The Kier molecular flexibility index (Phi) is 4.12. The molecular formula is C17H22N6O2. The fourth-order valence-corrected chi connectivity index (χ4v) is 3.45. The molecule has 3 aromatic heterocycles. The third-order valence-electron chi connectivity index (χ3n) is 4.73. The summed E-state index contributed by atoms with van der Waals surface area (Å²) in [4.78, 5) is 11.6. The van der Waals surface area contributed by atoms with Crippen LogP contribution in [0.4, 0.5) is 5.82 Å². The van der Waals surface area contributed by atoms with E-state index in [2.05, 4.69) is 20.1 Å². The van der Waals surface area contributed by atoms with Gasteiger partial charge in [0, 0.05) is 38.8 Å². The molecule has 0 saturated carbocycles. The monoisotopic (exact) mass is 342 g/mol. The molecule has 0 amide bonds. The molecule has 0 radical (unpaired) electrons. The third-order valence-corrected chi connectivity index (χ3v) is 4.73. The Hall–Kier alpha value is -2.48. The molecule has 8 heteroatoms. The molecule has 1 aliphatic rings. The molecule has 0 saturated heterocycles. The minimum absolute atomic E-state index is 0.716. The van der Waals surface area contributed by atoms with Crippen molar-refractivity contribution in [3.05, 3.63) is 34.9 Å². The molecule has 0 atom stereocenters. The summed E-state index contributed by atoms with van der Waals surface area (Å²) in [5, 5.41) is 8.49. The lowest BCUT2D eigenvalue weighted by Crippen LogP contribution is -2.31. The third kappa shape index (κ3) is 2.76. The summed E-state index contributed by atoms with van der Waals surface area (Å²) < 4.78 is 12.5. The average molecular weight is 342 g/mol. The van der Waals surface area contributed by atoms with Crippen molar-refractivity contribution >= 4 is 11.3 Å². The molecule has 0 aromatic carbocycles. The summed E-state index contributed by atoms with van der Waals surface area (Å²) in [6.45, 7) is 6.27. The second-order valence-electron chi connectivity index (χ2n) is 6.39. The highest BCUT2D eigenvalue weighted by Crippen LogP contribution is 2.29.